The minimum Gasteiger partial charge on any atom is -0.281 e. The van der Waals surface area contributed by atoms with Crippen LogP contribution in [0, 0.1) is 33.5 Å². The van der Waals surface area contributed by atoms with E-state index in [1.54, 1.807) is 0 Å². The molecule has 0 saturated heterocycles. The number of carbonyl (C=O) groups excluding carboxylic acids is 4. The third kappa shape index (κ3) is 259. The van der Waals surface area contributed by atoms with Gasteiger partial charge in [-0.2, -0.15) is 10.5 Å². The van der Waals surface area contributed by atoms with E-state index < -0.39 is 0 Å². The molecule has 8 radical (unpaired) electrons. The summed E-state index contributed by atoms with van der Waals surface area (Å²) in [5.74, 6) is 0. The number of hydrogen-bond acceptors (Lipinski definition) is 6. The number of nitrogens with zero attached hydrogens (tertiary/aromatic N) is 2. The second-order valence-electron chi connectivity index (χ2n) is 4.72. The molecule has 0 fully saturated rings. The summed E-state index contributed by atoms with van der Waals surface area (Å²) < 4.78 is 0. The van der Waals surface area contributed by atoms with Crippen LogP contribution in [0.1, 0.15) is 41.5 Å². The van der Waals surface area contributed by atoms with Crippen LogP contribution >= 0.6 is 0 Å². The van der Waals surface area contributed by atoms with Crippen molar-refractivity contribution in [3.05, 3.63) is 0 Å². The molecule has 0 unspecified atom stereocenters. The molecule has 0 saturated carbocycles. The van der Waals surface area contributed by atoms with E-state index in [-0.39, 0.29) is 31.9 Å². The first-order valence-corrected chi connectivity index (χ1v) is 4.76. The fourth-order valence-corrected chi connectivity index (χ4v) is 0. The predicted molar refractivity (Wildman–Crippen MR) is 72.9 cm³/mol. The molecule has 0 atom stereocenters. The quantitative estimate of drug-likeness (QED) is 0.539. The molecule has 0 aliphatic carbocycles. The first kappa shape index (κ1) is 42.7. The number of nitriles is 2. The molecule has 0 N–H and O–H groups in total. The Morgan fingerprint density at radius 3 is 0.619 bits per heavy atom. The van der Waals surface area contributed by atoms with Crippen LogP contribution in [0.4, 0.5) is 0 Å². The maximum absolute atomic E-state index is 8.15. The van der Waals surface area contributed by atoms with E-state index in [4.69, 9.17) is 29.7 Å². The van der Waals surface area contributed by atoms with Gasteiger partial charge in [0.25, 0.3) is 27.2 Å². The molecule has 0 aliphatic rings. The van der Waals surface area contributed by atoms with Crippen molar-refractivity contribution in [3.8, 4) is 12.1 Å². The average molecular weight is 462 g/mol. The van der Waals surface area contributed by atoms with Gasteiger partial charge in [-0.15, -0.1) is 0 Å². The van der Waals surface area contributed by atoms with Gasteiger partial charge >= 0.3 is 0 Å². The molecule has 0 aromatic carbocycles. The Morgan fingerprint density at radius 1 is 0.571 bits per heavy atom. The maximum atomic E-state index is 8.15. The van der Waals surface area contributed by atoms with Crippen molar-refractivity contribution in [2.24, 2.45) is 10.8 Å². The summed E-state index contributed by atoms with van der Waals surface area (Å²) in [5, 5.41) is 16.3. The standard InChI is InChI=1S/2C5H9N.4CO.W/c2*1-5(2,3)4-6;4*1-2;/h2*1-3H3;;;;;. The summed E-state index contributed by atoms with van der Waals surface area (Å²) in [6.07, 6.45) is 0. The molecule has 114 valence electrons. The summed E-state index contributed by atoms with van der Waals surface area (Å²) in [6.45, 7) is 29.3. The van der Waals surface area contributed by atoms with Crippen molar-refractivity contribution in [1.29, 1.82) is 10.5 Å². The van der Waals surface area contributed by atoms with E-state index in [0.717, 1.165) is 0 Å². The first-order chi connectivity index (χ1) is 9.12. The van der Waals surface area contributed by atoms with Gasteiger partial charge in [-0.05, 0) is 41.5 Å². The predicted octanol–water partition coefficient (Wildman–Crippen LogP) is 1.52. The van der Waals surface area contributed by atoms with Gasteiger partial charge in [0.1, 0.15) is 0 Å². The Balaban J connectivity index is -0.0000000246. The molecule has 21 heavy (non-hydrogen) atoms. The summed E-state index contributed by atoms with van der Waals surface area (Å²) >= 11 is 0. The smallest absolute Gasteiger partial charge is 0.281 e. The van der Waals surface area contributed by atoms with Crippen LogP contribution in [0.2, 0.25) is 0 Å². The second kappa shape index (κ2) is 36.2. The topological polar surface area (TPSA) is 116 Å². The Hall–Kier alpha value is -1.65. The van der Waals surface area contributed by atoms with Crippen LogP contribution < -0.4 is 0 Å². The van der Waals surface area contributed by atoms with E-state index in [9.17, 15) is 0 Å². The molecule has 0 aliphatic heterocycles. The van der Waals surface area contributed by atoms with E-state index in [1.165, 1.54) is 0 Å². The monoisotopic (exact) mass is 462 g/mol. The van der Waals surface area contributed by atoms with Crippen molar-refractivity contribution in [2.45, 2.75) is 41.5 Å². The van der Waals surface area contributed by atoms with E-state index >= 15 is 0 Å². The third-order valence-electron chi connectivity index (χ3n) is 0.671. The van der Waals surface area contributed by atoms with Crippen LogP contribution in [0.5, 0.6) is 0 Å². The van der Waals surface area contributed by atoms with Crippen LogP contribution in [-0.4, -0.2) is 27.2 Å². The average Bonchev–Trinajstić information content (AvgIpc) is 2.46. The van der Waals surface area contributed by atoms with Gasteiger partial charge in [-0.3, -0.25) is 19.2 Å². The molecule has 7 heteroatoms. The SMILES string of the molecule is CC(C)(C)C#N.CC(C)(C)C#N.[C]=O.[C]=O.[C]=O.[C]=O.[W]. The van der Waals surface area contributed by atoms with Crippen molar-refractivity contribution in [3.63, 3.8) is 0 Å². The van der Waals surface area contributed by atoms with Gasteiger partial charge in [0.2, 0.25) is 0 Å². The molecule has 0 spiro atoms. The molecule has 6 nitrogen and oxygen atoms in total. The van der Waals surface area contributed by atoms with Crippen molar-refractivity contribution < 1.29 is 40.2 Å². The molecule has 0 rings (SSSR count). The second-order valence-corrected chi connectivity index (χ2v) is 4.72. The van der Waals surface area contributed by atoms with Gasteiger partial charge in [0.05, 0.1) is 12.1 Å². The molecule has 0 amide bonds. The molecular formula is C14H18N2O4W. The minimum atomic E-state index is -0.153. The van der Waals surface area contributed by atoms with Crippen molar-refractivity contribution in [1.82, 2.24) is 0 Å². The van der Waals surface area contributed by atoms with Gasteiger partial charge in [0.15, 0.2) is 0 Å². The summed E-state index contributed by atoms with van der Waals surface area (Å²) in [5.41, 5.74) is -0.306. The zero-order valence-corrected chi connectivity index (χ0v) is 15.9. The van der Waals surface area contributed by atoms with E-state index in [0.29, 0.717) is 0 Å². The molecular weight excluding hydrogens is 444 g/mol. The van der Waals surface area contributed by atoms with Gasteiger partial charge in [0, 0.05) is 31.9 Å². The number of hydrogen-bond donors (Lipinski definition) is 0. The Kier molecular flexibility index (Phi) is 73.7. The fraction of sp³-hybridized carbons (Fsp3) is 0.571. The normalized spacial score (nSPS) is 6.67. The van der Waals surface area contributed by atoms with Gasteiger partial charge in [-0.1, -0.05) is 0 Å². The van der Waals surface area contributed by atoms with Crippen molar-refractivity contribution >= 4 is 27.2 Å². The molecule has 0 heterocycles. The van der Waals surface area contributed by atoms with Gasteiger partial charge in [-0.25, -0.2) is 0 Å². The molecule has 0 aromatic rings. The summed E-state index contributed by atoms with van der Waals surface area (Å²) in [7, 11) is 0. The van der Waals surface area contributed by atoms with Crippen LogP contribution in [0.25, 0.3) is 0 Å². The minimum absolute atomic E-state index is 0. The van der Waals surface area contributed by atoms with E-state index in [1.807, 2.05) is 41.5 Å². The Morgan fingerprint density at radius 2 is 0.619 bits per heavy atom. The number of rotatable bonds is 0. The Bertz CT molecular complexity index is 228. The summed E-state index contributed by atoms with van der Waals surface area (Å²) in [6, 6.07) is 4.21. The Labute approximate surface area is 142 Å². The van der Waals surface area contributed by atoms with Crippen molar-refractivity contribution in [2.75, 3.05) is 0 Å². The van der Waals surface area contributed by atoms with Gasteiger partial charge < -0.3 is 0 Å². The maximum Gasteiger partial charge on any atom is 0.281 e. The zero-order valence-electron chi connectivity index (χ0n) is 12.9. The third-order valence-corrected chi connectivity index (χ3v) is 0.671. The molecule has 0 bridgehead atoms. The largest absolute Gasteiger partial charge is 0.281 e. The zero-order chi connectivity index (χ0) is 18.4. The van der Waals surface area contributed by atoms with E-state index in [2.05, 4.69) is 39.3 Å². The first-order valence-electron chi connectivity index (χ1n) is 4.76. The van der Waals surface area contributed by atoms with Crippen LogP contribution in [0.3, 0.4) is 0 Å². The molecule has 0 aromatic heterocycles. The summed E-state index contributed by atoms with van der Waals surface area (Å²) in [4.78, 5) is 30.0. The van der Waals surface area contributed by atoms with Crippen LogP contribution in [0.15, 0.2) is 0 Å². The fourth-order valence-electron chi connectivity index (χ4n) is 0. The van der Waals surface area contributed by atoms with Crippen LogP contribution in [-0.2, 0) is 40.2 Å².